The van der Waals surface area contributed by atoms with E-state index in [0.29, 0.717) is 23.8 Å². The normalized spacial score (nSPS) is 16.9. The highest BCUT2D eigenvalue weighted by Gasteiger charge is 2.27. The third-order valence-corrected chi connectivity index (χ3v) is 4.59. The summed E-state index contributed by atoms with van der Waals surface area (Å²) < 4.78 is 0. The van der Waals surface area contributed by atoms with E-state index in [0.717, 1.165) is 12.1 Å². The molecule has 3 amide bonds. The molecule has 8 heteroatoms. The molecular formula is C19H22Cl2N4O2. The second kappa shape index (κ2) is 10.3. The molecule has 27 heavy (non-hydrogen) atoms. The lowest BCUT2D eigenvalue weighted by Crippen LogP contribution is -2.50. The van der Waals surface area contributed by atoms with Crippen LogP contribution in [-0.2, 0) is 4.79 Å². The number of halogens is 2. The Morgan fingerprint density at radius 2 is 1.81 bits per heavy atom. The first-order chi connectivity index (χ1) is 12.6. The number of amides is 3. The maximum Gasteiger partial charge on any atom is 0.325 e. The summed E-state index contributed by atoms with van der Waals surface area (Å²) in [5.41, 5.74) is 1.61. The summed E-state index contributed by atoms with van der Waals surface area (Å²) in [6, 6.07) is 16.1. The maximum atomic E-state index is 12.3. The van der Waals surface area contributed by atoms with Crippen LogP contribution in [0.15, 0.2) is 54.6 Å². The fourth-order valence-electron chi connectivity index (χ4n) is 3.02. The average molecular weight is 409 g/mol. The number of rotatable bonds is 4. The second-order valence-electron chi connectivity index (χ2n) is 6.08. The van der Waals surface area contributed by atoms with E-state index in [2.05, 4.69) is 16.0 Å². The summed E-state index contributed by atoms with van der Waals surface area (Å²) in [5.74, 6) is -0.350. The van der Waals surface area contributed by atoms with E-state index in [1.165, 1.54) is 0 Å². The van der Waals surface area contributed by atoms with Gasteiger partial charge in [0.15, 0.2) is 0 Å². The highest BCUT2D eigenvalue weighted by molar-refractivity contribution is 6.31. The smallest absolute Gasteiger partial charge is 0.314 e. The van der Waals surface area contributed by atoms with Gasteiger partial charge >= 0.3 is 6.03 Å². The zero-order valence-electron chi connectivity index (χ0n) is 14.7. The summed E-state index contributed by atoms with van der Waals surface area (Å²) in [7, 11) is 0. The van der Waals surface area contributed by atoms with Crippen LogP contribution in [0.25, 0.3) is 0 Å². The van der Waals surface area contributed by atoms with Crippen LogP contribution in [0, 0.1) is 0 Å². The van der Waals surface area contributed by atoms with E-state index in [4.69, 9.17) is 11.6 Å². The standard InChI is InChI=1S/C19H21ClN4O2.ClH/c20-16-9-5-4-8-15(16)17-12-21-10-11-24(17)13-18(25)23-19(26)22-14-6-2-1-3-7-14;/h1-9,17,21H,10-13H2,(H2,22,23,25,26);1H. The number of para-hydroxylation sites is 1. The van der Waals surface area contributed by atoms with Crippen LogP contribution in [0.5, 0.6) is 0 Å². The molecule has 144 valence electrons. The molecule has 1 heterocycles. The van der Waals surface area contributed by atoms with Gasteiger partial charge in [-0.05, 0) is 23.8 Å². The number of imide groups is 1. The number of piperazine rings is 1. The van der Waals surface area contributed by atoms with Crippen molar-refractivity contribution in [1.29, 1.82) is 0 Å². The Kier molecular flexibility index (Phi) is 8.06. The van der Waals surface area contributed by atoms with Gasteiger partial charge in [0.2, 0.25) is 5.91 Å². The van der Waals surface area contributed by atoms with Crippen molar-refractivity contribution < 1.29 is 9.59 Å². The molecule has 0 bridgehead atoms. The summed E-state index contributed by atoms with van der Waals surface area (Å²) in [5, 5.41) is 9.02. The number of anilines is 1. The summed E-state index contributed by atoms with van der Waals surface area (Å²) in [6.07, 6.45) is 0. The van der Waals surface area contributed by atoms with Crippen molar-refractivity contribution in [1.82, 2.24) is 15.5 Å². The van der Waals surface area contributed by atoms with E-state index < -0.39 is 6.03 Å². The van der Waals surface area contributed by atoms with Crippen molar-refractivity contribution in [2.24, 2.45) is 0 Å². The molecule has 2 aromatic rings. The second-order valence-corrected chi connectivity index (χ2v) is 6.49. The van der Waals surface area contributed by atoms with Crippen molar-refractivity contribution in [2.75, 3.05) is 31.5 Å². The Labute approximate surface area is 169 Å². The van der Waals surface area contributed by atoms with Gasteiger partial charge in [-0.25, -0.2) is 4.79 Å². The average Bonchev–Trinajstić information content (AvgIpc) is 2.63. The predicted molar refractivity (Wildman–Crippen MR) is 109 cm³/mol. The molecule has 0 aliphatic carbocycles. The van der Waals surface area contributed by atoms with Crippen LogP contribution in [0.3, 0.4) is 0 Å². The van der Waals surface area contributed by atoms with Gasteiger partial charge in [-0.15, -0.1) is 12.4 Å². The number of carbonyl (C=O) groups excluding carboxylic acids is 2. The minimum Gasteiger partial charge on any atom is -0.314 e. The Bertz CT molecular complexity index is 773. The van der Waals surface area contributed by atoms with Crippen molar-refractivity contribution in [2.45, 2.75) is 6.04 Å². The molecule has 1 aliphatic rings. The molecule has 3 rings (SSSR count). The minimum absolute atomic E-state index is 0. The SMILES string of the molecule is Cl.O=C(CN1CCNCC1c1ccccc1Cl)NC(=O)Nc1ccccc1. The van der Waals surface area contributed by atoms with Gasteiger partial charge < -0.3 is 10.6 Å². The van der Waals surface area contributed by atoms with Crippen molar-refractivity contribution in [3.05, 3.63) is 65.2 Å². The molecule has 6 nitrogen and oxygen atoms in total. The molecule has 2 aromatic carbocycles. The number of hydrogen-bond donors (Lipinski definition) is 3. The largest absolute Gasteiger partial charge is 0.325 e. The highest BCUT2D eigenvalue weighted by atomic mass is 35.5. The zero-order chi connectivity index (χ0) is 18.4. The zero-order valence-corrected chi connectivity index (χ0v) is 16.2. The number of nitrogens with zero attached hydrogens (tertiary/aromatic N) is 1. The minimum atomic E-state index is -0.536. The van der Waals surface area contributed by atoms with Gasteiger partial charge in [-0.1, -0.05) is 48.0 Å². The van der Waals surface area contributed by atoms with Crippen LogP contribution in [0.2, 0.25) is 5.02 Å². The first-order valence-corrected chi connectivity index (χ1v) is 8.86. The molecule has 3 N–H and O–H groups in total. The monoisotopic (exact) mass is 408 g/mol. The van der Waals surface area contributed by atoms with E-state index >= 15 is 0 Å². The van der Waals surface area contributed by atoms with Crippen molar-refractivity contribution >= 4 is 41.6 Å². The van der Waals surface area contributed by atoms with Crippen LogP contribution in [-0.4, -0.2) is 43.0 Å². The molecule has 1 saturated heterocycles. The third-order valence-electron chi connectivity index (χ3n) is 4.25. The number of hydrogen-bond acceptors (Lipinski definition) is 4. The molecule has 0 saturated carbocycles. The predicted octanol–water partition coefficient (Wildman–Crippen LogP) is 3.06. The Hall–Kier alpha value is -2.12. The van der Waals surface area contributed by atoms with Crippen LogP contribution in [0.4, 0.5) is 10.5 Å². The van der Waals surface area contributed by atoms with Gasteiger partial charge in [0.05, 0.1) is 6.54 Å². The number of nitrogens with one attached hydrogen (secondary N) is 3. The lowest BCUT2D eigenvalue weighted by atomic mass is 10.0. The van der Waals surface area contributed by atoms with E-state index in [9.17, 15) is 9.59 Å². The van der Waals surface area contributed by atoms with Gasteiger partial charge in [-0.3, -0.25) is 15.0 Å². The van der Waals surface area contributed by atoms with Crippen LogP contribution in [0.1, 0.15) is 11.6 Å². The van der Waals surface area contributed by atoms with E-state index in [1.807, 2.05) is 47.4 Å². The van der Waals surface area contributed by atoms with Crippen molar-refractivity contribution in [3.63, 3.8) is 0 Å². The van der Waals surface area contributed by atoms with E-state index in [1.54, 1.807) is 12.1 Å². The number of benzene rings is 2. The first-order valence-electron chi connectivity index (χ1n) is 8.48. The molecule has 0 radical (unpaired) electrons. The Balaban J connectivity index is 0.00000261. The quantitative estimate of drug-likeness (QED) is 0.726. The Morgan fingerprint density at radius 1 is 1.11 bits per heavy atom. The number of urea groups is 1. The molecule has 1 atom stereocenters. The molecule has 1 unspecified atom stereocenters. The molecule has 0 spiro atoms. The van der Waals surface area contributed by atoms with E-state index in [-0.39, 0.29) is 30.9 Å². The molecular weight excluding hydrogens is 387 g/mol. The lowest BCUT2D eigenvalue weighted by molar-refractivity contribution is -0.121. The third kappa shape index (κ3) is 5.94. The fraction of sp³-hybridized carbons (Fsp3) is 0.263. The first kappa shape index (κ1) is 21.2. The summed E-state index contributed by atoms with van der Waals surface area (Å²) in [4.78, 5) is 26.3. The molecule has 0 aromatic heterocycles. The van der Waals surface area contributed by atoms with Gasteiger partial charge in [0.1, 0.15) is 0 Å². The van der Waals surface area contributed by atoms with Gasteiger partial charge in [-0.2, -0.15) is 0 Å². The molecule has 1 fully saturated rings. The van der Waals surface area contributed by atoms with Crippen molar-refractivity contribution in [3.8, 4) is 0 Å². The van der Waals surface area contributed by atoms with Crippen LogP contribution >= 0.6 is 24.0 Å². The van der Waals surface area contributed by atoms with Crippen LogP contribution < -0.4 is 16.0 Å². The highest BCUT2D eigenvalue weighted by Crippen LogP contribution is 2.28. The topological polar surface area (TPSA) is 73.5 Å². The van der Waals surface area contributed by atoms with Gasteiger partial charge in [0.25, 0.3) is 0 Å². The number of carbonyl (C=O) groups is 2. The molecule has 1 aliphatic heterocycles. The van der Waals surface area contributed by atoms with Gasteiger partial charge in [0, 0.05) is 36.4 Å². The lowest BCUT2D eigenvalue weighted by Gasteiger charge is -2.36. The maximum absolute atomic E-state index is 12.3. The Morgan fingerprint density at radius 3 is 2.56 bits per heavy atom. The fourth-order valence-corrected chi connectivity index (χ4v) is 3.28. The summed E-state index contributed by atoms with van der Waals surface area (Å²) in [6.45, 7) is 2.31. The summed E-state index contributed by atoms with van der Waals surface area (Å²) >= 11 is 6.31.